The number of fused-ring (bicyclic) bond motifs is 1. The van der Waals surface area contributed by atoms with Crippen LogP contribution in [0, 0.1) is 6.92 Å². The second-order valence-electron chi connectivity index (χ2n) is 6.71. The van der Waals surface area contributed by atoms with Crippen molar-refractivity contribution in [1.29, 1.82) is 0 Å². The van der Waals surface area contributed by atoms with Crippen LogP contribution in [-0.2, 0) is 4.74 Å². The molecule has 0 aliphatic carbocycles. The van der Waals surface area contributed by atoms with E-state index >= 15 is 0 Å². The van der Waals surface area contributed by atoms with E-state index in [4.69, 9.17) is 4.74 Å². The third-order valence-electron chi connectivity index (χ3n) is 4.61. The molecule has 0 aliphatic heterocycles. The molecular formula is C19H18F2N8O2S. The number of hydrogen-bond donors (Lipinski definition) is 2. The van der Waals surface area contributed by atoms with E-state index in [0.29, 0.717) is 16.8 Å². The highest BCUT2D eigenvalue weighted by Gasteiger charge is 2.21. The van der Waals surface area contributed by atoms with E-state index in [2.05, 4.69) is 35.9 Å². The number of hydrogen-bond acceptors (Lipinski definition) is 8. The first-order chi connectivity index (χ1) is 15.4. The first-order valence-corrected chi connectivity index (χ1v) is 10.2. The average Bonchev–Trinajstić information content (AvgIpc) is 3.42. The molecule has 0 saturated heterocycles. The lowest BCUT2D eigenvalue weighted by Gasteiger charge is -2.17. The van der Waals surface area contributed by atoms with Crippen molar-refractivity contribution in [3.63, 3.8) is 0 Å². The summed E-state index contributed by atoms with van der Waals surface area (Å²) in [6.07, 6.45) is 2.32. The molecule has 0 aromatic carbocycles. The number of aromatic nitrogens is 6. The van der Waals surface area contributed by atoms with Gasteiger partial charge in [0.2, 0.25) is 0 Å². The van der Waals surface area contributed by atoms with E-state index in [9.17, 15) is 13.6 Å². The molecule has 4 rings (SSSR count). The van der Waals surface area contributed by atoms with Crippen LogP contribution in [0.25, 0.3) is 16.2 Å². The molecule has 0 spiro atoms. The Morgan fingerprint density at radius 3 is 2.75 bits per heavy atom. The molecule has 1 atom stereocenters. The van der Waals surface area contributed by atoms with Gasteiger partial charge in [-0.2, -0.15) is 0 Å². The van der Waals surface area contributed by atoms with Crippen LogP contribution >= 0.6 is 11.3 Å². The number of pyridine rings is 2. The van der Waals surface area contributed by atoms with Gasteiger partial charge in [-0.1, -0.05) is 16.6 Å². The van der Waals surface area contributed by atoms with Crippen molar-refractivity contribution in [2.45, 2.75) is 26.4 Å². The number of nitrogens with one attached hydrogen (secondary N) is 2. The summed E-state index contributed by atoms with van der Waals surface area (Å²) in [6, 6.07) is 0.483. The average molecular weight is 460 g/mol. The van der Waals surface area contributed by atoms with E-state index in [1.807, 2.05) is 13.8 Å². The van der Waals surface area contributed by atoms with Gasteiger partial charge in [-0.3, -0.25) is 0 Å². The normalized spacial score (nSPS) is 12.3. The Bertz CT molecular complexity index is 1260. The second-order valence-corrected chi connectivity index (χ2v) is 7.90. The smallest absolute Gasteiger partial charge is 0.323 e. The van der Waals surface area contributed by atoms with Crippen LogP contribution in [-0.4, -0.2) is 43.1 Å². The van der Waals surface area contributed by atoms with Crippen LogP contribution in [0.3, 0.4) is 0 Å². The van der Waals surface area contributed by atoms with Gasteiger partial charge in [-0.25, -0.2) is 33.2 Å². The summed E-state index contributed by atoms with van der Waals surface area (Å²) in [5, 5.41) is 13.3. The number of alkyl halides is 2. The number of urea groups is 1. The zero-order chi connectivity index (χ0) is 22.8. The fraction of sp³-hybridized carbons (Fsp3) is 0.263. The van der Waals surface area contributed by atoms with E-state index in [1.54, 1.807) is 7.11 Å². The fourth-order valence-electron chi connectivity index (χ4n) is 3.13. The van der Waals surface area contributed by atoms with Crippen molar-refractivity contribution in [3.8, 4) is 5.82 Å². The summed E-state index contributed by atoms with van der Waals surface area (Å²) in [6.45, 7) is 3.69. The number of carbonyl (C=O) groups excluding carboxylic acids is 1. The molecule has 32 heavy (non-hydrogen) atoms. The Hall–Kier alpha value is -3.58. The topological polar surface area (TPSA) is 120 Å². The van der Waals surface area contributed by atoms with Crippen molar-refractivity contribution in [3.05, 3.63) is 47.0 Å². The minimum absolute atomic E-state index is 0.0757. The number of rotatable bonds is 6. The zero-order valence-corrected chi connectivity index (χ0v) is 18.0. The number of nitrogens with zero attached hydrogens (tertiary/aromatic N) is 6. The van der Waals surface area contributed by atoms with Gasteiger partial charge < -0.3 is 15.4 Å². The maximum atomic E-state index is 13.6. The Morgan fingerprint density at radius 2 is 2.06 bits per heavy atom. The van der Waals surface area contributed by atoms with E-state index < -0.39 is 18.0 Å². The highest BCUT2D eigenvalue weighted by Crippen LogP contribution is 2.34. The first-order valence-electron chi connectivity index (χ1n) is 9.39. The molecule has 0 bridgehead atoms. The summed E-state index contributed by atoms with van der Waals surface area (Å²) >= 11 is 1.43. The Labute approximate surface area is 184 Å². The molecule has 13 heteroatoms. The number of ether oxygens (including phenoxy) is 1. The highest BCUT2D eigenvalue weighted by molar-refractivity contribution is 7.18. The monoisotopic (exact) mass is 460 g/mol. The number of amides is 2. The van der Waals surface area contributed by atoms with Gasteiger partial charge in [0.1, 0.15) is 10.3 Å². The number of thiazole rings is 1. The molecule has 0 fully saturated rings. The molecule has 0 saturated carbocycles. The van der Waals surface area contributed by atoms with Crippen molar-refractivity contribution < 1.29 is 18.3 Å². The highest BCUT2D eigenvalue weighted by atomic mass is 32.1. The number of halogens is 2. The predicted octanol–water partition coefficient (Wildman–Crippen LogP) is 4.26. The van der Waals surface area contributed by atoms with Crippen molar-refractivity contribution in [2.75, 3.05) is 17.7 Å². The summed E-state index contributed by atoms with van der Waals surface area (Å²) < 4.78 is 33.7. The molecule has 166 valence electrons. The van der Waals surface area contributed by atoms with Crippen molar-refractivity contribution >= 4 is 39.1 Å². The Balaban J connectivity index is 1.60. The van der Waals surface area contributed by atoms with E-state index in [1.165, 1.54) is 36.1 Å². The second kappa shape index (κ2) is 8.88. The van der Waals surface area contributed by atoms with E-state index in [0.717, 1.165) is 20.6 Å². The molecule has 0 unspecified atom stereocenters. The number of aryl methyl sites for hydroxylation is 1. The molecule has 10 nitrogen and oxygen atoms in total. The first kappa shape index (κ1) is 21.6. The largest absolute Gasteiger partial charge is 0.377 e. The third kappa shape index (κ3) is 4.24. The molecule has 2 N–H and O–H groups in total. The summed E-state index contributed by atoms with van der Waals surface area (Å²) in [4.78, 5) is 26.2. The number of anilines is 2. The van der Waals surface area contributed by atoms with Gasteiger partial charge in [-0.15, -0.1) is 5.10 Å². The number of carbonyl (C=O) groups is 1. The van der Waals surface area contributed by atoms with Gasteiger partial charge in [0.05, 0.1) is 52.8 Å². The van der Waals surface area contributed by atoms with Gasteiger partial charge in [0.15, 0.2) is 5.82 Å². The molecular weight excluding hydrogens is 442 g/mol. The number of methoxy groups -OCH3 is 1. The van der Waals surface area contributed by atoms with Gasteiger partial charge in [0.25, 0.3) is 6.43 Å². The molecule has 4 aromatic heterocycles. The Morgan fingerprint density at radius 1 is 1.25 bits per heavy atom. The van der Waals surface area contributed by atoms with Crippen molar-refractivity contribution in [1.82, 2.24) is 29.9 Å². The SMILES string of the molecule is CO[C@@H](C)c1c(NC(=O)Nc2cnc(-n3ccnn3)c(C(F)F)c2)cnc2sc(C)nc12. The zero-order valence-electron chi connectivity index (χ0n) is 17.2. The van der Waals surface area contributed by atoms with E-state index in [-0.39, 0.29) is 17.6 Å². The minimum Gasteiger partial charge on any atom is -0.377 e. The quantitative estimate of drug-likeness (QED) is 0.441. The lowest BCUT2D eigenvalue weighted by atomic mass is 10.1. The predicted molar refractivity (Wildman–Crippen MR) is 114 cm³/mol. The van der Waals surface area contributed by atoms with Gasteiger partial charge in [-0.05, 0) is 19.9 Å². The maximum absolute atomic E-state index is 13.6. The van der Waals surface area contributed by atoms with Gasteiger partial charge in [0, 0.05) is 12.7 Å². The fourth-order valence-corrected chi connectivity index (χ4v) is 3.90. The molecule has 2 amide bonds. The molecule has 0 radical (unpaired) electrons. The van der Waals surface area contributed by atoms with Crippen LogP contribution in [0.1, 0.15) is 35.6 Å². The molecule has 4 aromatic rings. The van der Waals surface area contributed by atoms with Crippen molar-refractivity contribution in [2.24, 2.45) is 0 Å². The lowest BCUT2D eigenvalue weighted by Crippen LogP contribution is -2.21. The van der Waals surface area contributed by atoms with Crippen LogP contribution in [0.15, 0.2) is 30.9 Å². The lowest BCUT2D eigenvalue weighted by molar-refractivity contribution is 0.121. The summed E-state index contributed by atoms with van der Waals surface area (Å²) in [5.74, 6) is -0.0757. The Kier molecular flexibility index (Phi) is 6.01. The standard InChI is InChI=1S/C19H18F2N8O2S/c1-9(31-3)14-13(8-23-18-15(14)25-10(2)32-18)27-19(30)26-11-6-12(16(20)21)17(22-7-11)29-5-4-24-28-29/h4-9,16H,1-3H3,(H2,26,27,30)/t9-/m0/s1. The van der Waals surface area contributed by atoms with Crippen LogP contribution in [0.5, 0.6) is 0 Å². The summed E-state index contributed by atoms with van der Waals surface area (Å²) in [7, 11) is 1.55. The molecule has 4 heterocycles. The molecule has 0 aliphatic rings. The summed E-state index contributed by atoms with van der Waals surface area (Å²) in [5.41, 5.74) is 1.39. The van der Waals surface area contributed by atoms with Gasteiger partial charge >= 0.3 is 6.03 Å². The van der Waals surface area contributed by atoms with Crippen LogP contribution in [0.2, 0.25) is 0 Å². The van der Waals surface area contributed by atoms with Crippen LogP contribution < -0.4 is 10.6 Å². The minimum atomic E-state index is -2.83. The van der Waals surface area contributed by atoms with Crippen LogP contribution in [0.4, 0.5) is 25.0 Å². The third-order valence-corrected chi connectivity index (χ3v) is 5.49. The maximum Gasteiger partial charge on any atom is 0.323 e.